The lowest BCUT2D eigenvalue weighted by Gasteiger charge is -2.23. The maximum absolute atomic E-state index is 6.10. The van der Waals surface area contributed by atoms with E-state index in [1.807, 2.05) is 5.51 Å². The van der Waals surface area contributed by atoms with Crippen LogP contribution in [0, 0.1) is 0 Å². The first kappa shape index (κ1) is 12.8. The van der Waals surface area contributed by atoms with Crippen LogP contribution in [-0.2, 0) is 13.0 Å². The second-order valence-corrected chi connectivity index (χ2v) is 6.37. The van der Waals surface area contributed by atoms with E-state index in [0.717, 1.165) is 43.7 Å². The molecule has 0 bridgehead atoms. The fourth-order valence-electron chi connectivity index (χ4n) is 3.15. The highest BCUT2D eigenvalue weighted by atomic mass is 32.1. The summed E-state index contributed by atoms with van der Waals surface area (Å²) in [6.07, 6.45) is 1.70. The van der Waals surface area contributed by atoms with Gasteiger partial charge in [-0.05, 0) is 0 Å². The average molecular weight is 304 g/mol. The van der Waals surface area contributed by atoms with E-state index in [9.17, 15) is 0 Å². The van der Waals surface area contributed by atoms with Crippen molar-refractivity contribution in [2.24, 2.45) is 0 Å². The van der Waals surface area contributed by atoms with E-state index in [2.05, 4.69) is 25.2 Å². The lowest BCUT2D eigenvalue weighted by atomic mass is 9.97. The molecule has 0 amide bonds. The fraction of sp³-hybridized carbons (Fsp3) is 0.462. The fourth-order valence-corrected chi connectivity index (χ4v) is 3.70. The van der Waals surface area contributed by atoms with Crippen molar-refractivity contribution in [2.75, 3.05) is 24.6 Å². The molecule has 2 aliphatic rings. The summed E-state index contributed by atoms with van der Waals surface area (Å²) in [5, 5.41) is 2.08. The molecule has 21 heavy (non-hydrogen) atoms. The van der Waals surface area contributed by atoms with Gasteiger partial charge in [-0.3, -0.25) is 4.90 Å². The quantitative estimate of drug-likeness (QED) is 0.840. The van der Waals surface area contributed by atoms with Crippen molar-refractivity contribution < 1.29 is 4.74 Å². The molecule has 110 valence electrons. The van der Waals surface area contributed by atoms with Crippen LogP contribution in [0.15, 0.2) is 10.9 Å². The van der Waals surface area contributed by atoms with Crippen molar-refractivity contribution in [3.8, 4) is 5.88 Å². The summed E-state index contributed by atoms with van der Waals surface area (Å²) in [5.74, 6) is 1.16. The molecular weight excluding hydrogens is 288 g/mol. The number of likely N-dealkylation sites (tertiary alicyclic amines) is 1. The number of thiazole rings is 1. The second kappa shape index (κ2) is 4.54. The standard InChI is InChI=1S/C13H16N6OS/c14-10-9-3-13(20-11(9)18-12(15)17-10)1-2-19(6-13)4-8-5-21-7-16-8/h5,7H,1-4,6H2,(H4,14,15,17,18)/t13-/m1/s1. The Hall–Kier alpha value is -1.93. The van der Waals surface area contributed by atoms with Crippen LogP contribution in [0.1, 0.15) is 17.7 Å². The number of anilines is 2. The van der Waals surface area contributed by atoms with Crippen LogP contribution < -0.4 is 16.2 Å². The van der Waals surface area contributed by atoms with Gasteiger partial charge in [0, 0.05) is 37.9 Å². The van der Waals surface area contributed by atoms with Crippen molar-refractivity contribution >= 4 is 23.1 Å². The molecule has 1 fully saturated rings. The Morgan fingerprint density at radius 1 is 1.38 bits per heavy atom. The molecule has 0 saturated carbocycles. The number of fused-ring (bicyclic) bond motifs is 1. The minimum atomic E-state index is -0.241. The van der Waals surface area contributed by atoms with Crippen LogP contribution in [0.3, 0.4) is 0 Å². The van der Waals surface area contributed by atoms with Crippen LogP contribution in [0.5, 0.6) is 5.88 Å². The van der Waals surface area contributed by atoms with Crippen LogP contribution in [0.4, 0.5) is 11.8 Å². The summed E-state index contributed by atoms with van der Waals surface area (Å²) in [7, 11) is 0. The Kier molecular flexibility index (Phi) is 2.76. The zero-order valence-electron chi connectivity index (χ0n) is 11.5. The first-order valence-electron chi connectivity index (χ1n) is 6.84. The zero-order valence-corrected chi connectivity index (χ0v) is 12.3. The molecule has 7 nitrogen and oxygen atoms in total. The molecule has 2 aromatic heterocycles. The van der Waals surface area contributed by atoms with Crippen molar-refractivity contribution in [2.45, 2.75) is 25.0 Å². The molecule has 8 heteroatoms. The highest BCUT2D eigenvalue weighted by Gasteiger charge is 2.46. The van der Waals surface area contributed by atoms with Gasteiger partial charge in [0.15, 0.2) is 0 Å². The summed E-state index contributed by atoms with van der Waals surface area (Å²) in [6.45, 7) is 2.68. The number of hydrogen-bond acceptors (Lipinski definition) is 8. The van der Waals surface area contributed by atoms with Crippen molar-refractivity contribution in [1.29, 1.82) is 0 Å². The van der Waals surface area contributed by atoms with Crippen LogP contribution in [0.2, 0.25) is 0 Å². The average Bonchev–Trinajstić information content (AvgIpc) is 3.12. The van der Waals surface area contributed by atoms with Crippen LogP contribution in [0.25, 0.3) is 0 Å². The second-order valence-electron chi connectivity index (χ2n) is 5.65. The Bertz CT molecular complexity index is 676. The molecular formula is C13H16N6OS. The molecule has 4 heterocycles. The normalized spacial score (nSPS) is 24.4. The van der Waals surface area contributed by atoms with Gasteiger partial charge in [-0.15, -0.1) is 11.3 Å². The van der Waals surface area contributed by atoms with Gasteiger partial charge in [-0.2, -0.15) is 9.97 Å². The molecule has 1 saturated heterocycles. The topological polar surface area (TPSA) is 103 Å². The number of rotatable bonds is 2. The van der Waals surface area contributed by atoms with Crippen molar-refractivity contribution in [3.05, 3.63) is 22.1 Å². The van der Waals surface area contributed by atoms with Crippen molar-refractivity contribution in [3.63, 3.8) is 0 Å². The maximum Gasteiger partial charge on any atom is 0.225 e. The molecule has 4 rings (SSSR count). The first-order chi connectivity index (χ1) is 10.1. The number of aromatic nitrogens is 3. The Balaban J connectivity index is 1.52. The molecule has 0 aromatic carbocycles. The minimum Gasteiger partial charge on any atom is -0.469 e. The number of nitrogen functional groups attached to an aromatic ring is 2. The lowest BCUT2D eigenvalue weighted by Crippen LogP contribution is -2.37. The zero-order chi connectivity index (χ0) is 14.4. The van der Waals surface area contributed by atoms with Crippen LogP contribution >= 0.6 is 11.3 Å². The molecule has 0 radical (unpaired) electrons. The van der Waals surface area contributed by atoms with E-state index < -0.39 is 0 Å². The third-order valence-corrected chi connectivity index (χ3v) is 4.73. The molecule has 1 spiro atoms. The summed E-state index contributed by atoms with van der Waals surface area (Å²) < 4.78 is 6.10. The van der Waals surface area contributed by atoms with Crippen molar-refractivity contribution in [1.82, 2.24) is 19.9 Å². The molecule has 0 aliphatic carbocycles. The SMILES string of the molecule is Nc1nc(N)c2c(n1)O[C@]1(CCN(Cc3cscn3)C1)C2. The predicted octanol–water partition coefficient (Wildman–Crippen LogP) is 0.677. The number of nitrogens with zero attached hydrogens (tertiary/aromatic N) is 4. The van der Waals surface area contributed by atoms with Gasteiger partial charge in [0.25, 0.3) is 0 Å². The van der Waals surface area contributed by atoms with Gasteiger partial charge in [0.1, 0.15) is 11.4 Å². The van der Waals surface area contributed by atoms with E-state index in [4.69, 9.17) is 16.2 Å². The summed E-state index contributed by atoms with van der Waals surface area (Å²) >= 11 is 1.62. The van der Waals surface area contributed by atoms with E-state index in [1.54, 1.807) is 11.3 Å². The third kappa shape index (κ3) is 2.20. The van der Waals surface area contributed by atoms with E-state index in [1.165, 1.54) is 0 Å². The van der Waals surface area contributed by atoms with E-state index >= 15 is 0 Å². The Morgan fingerprint density at radius 2 is 2.29 bits per heavy atom. The maximum atomic E-state index is 6.10. The Labute approximate surface area is 126 Å². The Morgan fingerprint density at radius 3 is 3.10 bits per heavy atom. The van der Waals surface area contributed by atoms with E-state index in [-0.39, 0.29) is 11.5 Å². The van der Waals surface area contributed by atoms with Gasteiger partial charge < -0.3 is 16.2 Å². The summed E-state index contributed by atoms with van der Waals surface area (Å²) in [5.41, 5.74) is 15.2. The largest absolute Gasteiger partial charge is 0.469 e. The number of hydrogen-bond donors (Lipinski definition) is 2. The molecule has 4 N–H and O–H groups in total. The first-order valence-corrected chi connectivity index (χ1v) is 7.78. The highest BCUT2D eigenvalue weighted by molar-refractivity contribution is 7.07. The lowest BCUT2D eigenvalue weighted by molar-refractivity contribution is 0.0963. The number of ether oxygens (including phenoxy) is 1. The monoisotopic (exact) mass is 304 g/mol. The van der Waals surface area contributed by atoms with Gasteiger partial charge in [-0.1, -0.05) is 0 Å². The van der Waals surface area contributed by atoms with Gasteiger partial charge >= 0.3 is 0 Å². The third-order valence-electron chi connectivity index (χ3n) is 4.10. The van der Waals surface area contributed by atoms with Crippen LogP contribution in [-0.4, -0.2) is 38.5 Å². The smallest absolute Gasteiger partial charge is 0.225 e. The summed E-state index contributed by atoms with van der Waals surface area (Å²) in [4.78, 5) is 14.9. The molecule has 1 atom stereocenters. The van der Waals surface area contributed by atoms with Gasteiger partial charge in [-0.25, -0.2) is 4.98 Å². The summed E-state index contributed by atoms with van der Waals surface area (Å²) in [6, 6.07) is 0. The molecule has 2 aromatic rings. The number of nitrogens with two attached hydrogens (primary N) is 2. The van der Waals surface area contributed by atoms with Gasteiger partial charge in [0.05, 0.1) is 16.8 Å². The predicted molar refractivity (Wildman–Crippen MR) is 79.9 cm³/mol. The van der Waals surface area contributed by atoms with Gasteiger partial charge in [0.2, 0.25) is 11.8 Å². The molecule has 2 aliphatic heterocycles. The highest BCUT2D eigenvalue weighted by Crippen LogP contribution is 2.41. The minimum absolute atomic E-state index is 0.167. The van der Waals surface area contributed by atoms with E-state index in [0.29, 0.717) is 11.7 Å². The molecule has 0 unspecified atom stereocenters.